The van der Waals surface area contributed by atoms with E-state index in [1.54, 1.807) is 6.92 Å². The minimum absolute atomic E-state index is 0.121. The minimum Gasteiger partial charge on any atom is -0.494 e. The molecule has 0 radical (unpaired) electrons. The zero-order valence-corrected chi connectivity index (χ0v) is 17.1. The monoisotopic (exact) mass is 406 g/mol. The van der Waals surface area contributed by atoms with E-state index < -0.39 is 0 Å². The van der Waals surface area contributed by atoms with Gasteiger partial charge in [-0.25, -0.2) is 0 Å². The number of carbonyl (C=O) groups excluding carboxylic acids is 1. The molecule has 0 bridgehead atoms. The Labute approximate surface area is 176 Å². The summed E-state index contributed by atoms with van der Waals surface area (Å²) in [7, 11) is 0. The largest absolute Gasteiger partial charge is 0.494 e. The molecule has 0 spiro atoms. The molecule has 1 atom stereocenters. The first-order valence-electron chi connectivity index (χ1n) is 10.4. The lowest BCUT2D eigenvalue weighted by atomic mass is 9.95. The number of ether oxygens (including phenoxy) is 4. The zero-order valence-electron chi connectivity index (χ0n) is 17.1. The lowest BCUT2D eigenvalue weighted by Crippen LogP contribution is -2.18. The molecule has 2 aromatic carbocycles. The lowest BCUT2D eigenvalue weighted by Gasteiger charge is -2.23. The van der Waals surface area contributed by atoms with Crippen molar-refractivity contribution in [3.05, 3.63) is 83.5 Å². The Morgan fingerprint density at radius 2 is 1.77 bits per heavy atom. The second kappa shape index (κ2) is 9.63. The van der Waals surface area contributed by atoms with Crippen LogP contribution in [0, 0.1) is 0 Å². The van der Waals surface area contributed by atoms with E-state index >= 15 is 0 Å². The number of para-hydroxylation sites is 1. The van der Waals surface area contributed by atoms with Crippen molar-refractivity contribution >= 4 is 11.4 Å². The van der Waals surface area contributed by atoms with Gasteiger partial charge in [0.25, 0.3) is 0 Å². The van der Waals surface area contributed by atoms with Crippen molar-refractivity contribution in [1.29, 1.82) is 0 Å². The van der Waals surface area contributed by atoms with Crippen LogP contribution in [0.2, 0.25) is 0 Å². The average molecular weight is 406 g/mol. The van der Waals surface area contributed by atoms with E-state index in [1.165, 1.54) is 12.7 Å². The maximum Gasteiger partial charge on any atom is 0.234 e. The van der Waals surface area contributed by atoms with Gasteiger partial charge in [0, 0.05) is 6.61 Å². The number of Topliss-reactive ketones (excluding diaryl/α,β-unsaturated/α-hetero) is 1. The molecular weight excluding hydrogens is 380 g/mol. The molecule has 0 aromatic heterocycles. The Morgan fingerprint density at radius 1 is 0.967 bits per heavy atom. The predicted octanol–water partition coefficient (Wildman–Crippen LogP) is 5.20. The molecule has 156 valence electrons. The molecule has 0 saturated carbocycles. The summed E-state index contributed by atoms with van der Waals surface area (Å²) in [5.74, 6) is 1.10. The SMILES string of the molecule is C/C(Oc1ccccc1)=C(/C(=O)C1=COCCO1)c1ccc(C2CCCCO2)cc1. The summed E-state index contributed by atoms with van der Waals surface area (Å²) in [4.78, 5) is 13.3. The van der Waals surface area contributed by atoms with Crippen molar-refractivity contribution in [2.45, 2.75) is 32.3 Å². The van der Waals surface area contributed by atoms with Gasteiger partial charge < -0.3 is 18.9 Å². The number of benzene rings is 2. The average Bonchev–Trinajstić information content (AvgIpc) is 2.81. The molecule has 2 aliphatic heterocycles. The second-order valence-corrected chi connectivity index (χ2v) is 7.35. The van der Waals surface area contributed by atoms with Gasteiger partial charge in [-0.1, -0.05) is 42.5 Å². The van der Waals surface area contributed by atoms with Crippen molar-refractivity contribution in [3.8, 4) is 5.75 Å². The molecule has 0 aliphatic carbocycles. The van der Waals surface area contributed by atoms with Crippen LogP contribution in [0.25, 0.3) is 5.57 Å². The molecule has 1 fully saturated rings. The van der Waals surface area contributed by atoms with Gasteiger partial charge in [-0.2, -0.15) is 0 Å². The molecular formula is C25H26O5. The quantitative estimate of drug-likeness (QED) is 0.488. The summed E-state index contributed by atoms with van der Waals surface area (Å²) in [6.07, 6.45) is 4.81. The summed E-state index contributed by atoms with van der Waals surface area (Å²) in [5.41, 5.74) is 2.35. The van der Waals surface area contributed by atoms with Crippen LogP contribution in [0.5, 0.6) is 5.75 Å². The Bertz CT molecular complexity index is 922. The van der Waals surface area contributed by atoms with E-state index in [1.807, 2.05) is 54.6 Å². The van der Waals surface area contributed by atoms with Crippen LogP contribution in [-0.4, -0.2) is 25.6 Å². The van der Waals surface area contributed by atoms with E-state index in [9.17, 15) is 4.79 Å². The van der Waals surface area contributed by atoms with Crippen molar-refractivity contribution in [2.75, 3.05) is 19.8 Å². The molecule has 30 heavy (non-hydrogen) atoms. The van der Waals surface area contributed by atoms with E-state index in [-0.39, 0.29) is 17.6 Å². The first-order chi connectivity index (χ1) is 14.7. The number of hydrogen-bond acceptors (Lipinski definition) is 5. The van der Waals surface area contributed by atoms with Crippen LogP contribution in [0.15, 0.2) is 72.4 Å². The molecule has 4 rings (SSSR count). The van der Waals surface area contributed by atoms with Crippen molar-refractivity contribution < 1.29 is 23.7 Å². The molecule has 2 aliphatic rings. The first-order valence-corrected chi connectivity index (χ1v) is 10.4. The maximum atomic E-state index is 13.3. The molecule has 0 amide bonds. The van der Waals surface area contributed by atoms with Gasteiger partial charge in [-0.05, 0) is 49.4 Å². The standard InChI is InChI=1S/C25H26O5/c1-18(30-21-7-3-2-4-8-21)24(25(26)23-17-27-15-16-29-23)20-12-10-19(11-13-20)22-9-5-6-14-28-22/h2-4,7-8,10-13,17,22H,5-6,9,14-16H2,1H3/b24-18-. The van der Waals surface area contributed by atoms with E-state index in [0.29, 0.717) is 30.3 Å². The molecule has 1 unspecified atom stereocenters. The summed E-state index contributed by atoms with van der Waals surface area (Å²) in [6, 6.07) is 17.4. The van der Waals surface area contributed by atoms with Crippen LogP contribution in [0.4, 0.5) is 0 Å². The topological polar surface area (TPSA) is 54.0 Å². The fraction of sp³-hybridized carbons (Fsp3) is 0.320. The lowest BCUT2D eigenvalue weighted by molar-refractivity contribution is -0.115. The first kappa shape index (κ1) is 20.2. The fourth-order valence-corrected chi connectivity index (χ4v) is 3.69. The van der Waals surface area contributed by atoms with Crippen LogP contribution < -0.4 is 4.74 Å². The van der Waals surface area contributed by atoms with Crippen molar-refractivity contribution in [1.82, 2.24) is 0 Å². The number of carbonyl (C=O) groups is 1. The molecule has 5 nitrogen and oxygen atoms in total. The van der Waals surface area contributed by atoms with Gasteiger partial charge in [0.2, 0.25) is 11.5 Å². The number of hydrogen-bond donors (Lipinski definition) is 0. The predicted molar refractivity (Wildman–Crippen MR) is 114 cm³/mol. The Hall–Kier alpha value is -3.05. The molecule has 2 aromatic rings. The van der Waals surface area contributed by atoms with E-state index in [2.05, 4.69) is 0 Å². The zero-order chi connectivity index (χ0) is 20.8. The van der Waals surface area contributed by atoms with Gasteiger partial charge >= 0.3 is 0 Å². The molecule has 5 heteroatoms. The highest BCUT2D eigenvalue weighted by Gasteiger charge is 2.25. The Kier molecular flexibility index (Phi) is 6.50. The van der Waals surface area contributed by atoms with Crippen LogP contribution in [-0.2, 0) is 19.0 Å². The summed E-state index contributed by atoms with van der Waals surface area (Å²) >= 11 is 0. The van der Waals surface area contributed by atoms with Gasteiger partial charge in [-0.15, -0.1) is 0 Å². The molecule has 0 N–H and O–H groups in total. The normalized spacial score (nSPS) is 19.6. The van der Waals surface area contributed by atoms with E-state index in [0.717, 1.165) is 30.6 Å². The smallest absolute Gasteiger partial charge is 0.234 e. The summed E-state index contributed by atoms with van der Waals surface area (Å²) in [6.45, 7) is 3.38. The number of ketones is 1. The fourth-order valence-electron chi connectivity index (χ4n) is 3.69. The highest BCUT2D eigenvalue weighted by molar-refractivity contribution is 6.28. The van der Waals surface area contributed by atoms with Gasteiger partial charge in [0.05, 0.1) is 11.7 Å². The van der Waals surface area contributed by atoms with Crippen LogP contribution >= 0.6 is 0 Å². The van der Waals surface area contributed by atoms with Crippen LogP contribution in [0.3, 0.4) is 0 Å². The Morgan fingerprint density at radius 3 is 2.43 bits per heavy atom. The number of allylic oxidation sites excluding steroid dienone is 2. The highest BCUT2D eigenvalue weighted by Crippen LogP contribution is 2.31. The van der Waals surface area contributed by atoms with Crippen LogP contribution in [0.1, 0.15) is 43.4 Å². The minimum atomic E-state index is -0.259. The van der Waals surface area contributed by atoms with E-state index in [4.69, 9.17) is 18.9 Å². The van der Waals surface area contributed by atoms with Gasteiger partial charge in [-0.3, -0.25) is 4.79 Å². The maximum absolute atomic E-state index is 13.3. The highest BCUT2D eigenvalue weighted by atomic mass is 16.6. The van der Waals surface area contributed by atoms with Crippen molar-refractivity contribution in [3.63, 3.8) is 0 Å². The third-order valence-corrected chi connectivity index (χ3v) is 5.22. The summed E-state index contributed by atoms with van der Waals surface area (Å²) < 4.78 is 22.7. The summed E-state index contributed by atoms with van der Waals surface area (Å²) in [5, 5.41) is 0. The van der Waals surface area contributed by atoms with Gasteiger partial charge in [0.15, 0.2) is 0 Å². The van der Waals surface area contributed by atoms with Gasteiger partial charge in [0.1, 0.15) is 31.0 Å². The molecule has 1 saturated heterocycles. The molecule has 2 heterocycles. The number of rotatable bonds is 6. The second-order valence-electron chi connectivity index (χ2n) is 7.35. The Balaban J connectivity index is 1.66. The third kappa shape index (κ3) is 4.74. The van der Waals surface area contributed by atoms with Crippen molar-refractivity contribution in [2.24, 2.45) is 0 Å². The third-order valence-electron chi connectivity index (χ3n) is 5.22.